The van der Waals surface area contributed by atoms with Gasteiger partial charge in [0.2, 0.25) is 0 Å². The average molecular weight is 358 g/mol. The Morgan fingerprint density at radius 2 is 2.00 bits per heavy atom. The van der Waals surface area contributed by atoms with Gasteiger partial charge in [-0.15, -0.1) is 0 Å². The van der Waals surface area contributed by atoms with E-state index < -0.39 is 30.3 Å². The van der Waals surface area contributed by atoms with Gasteiger partial charge in [-0.1, -0.05) is 13.8 Å². The molecule has 1 atom stereocenters. The van der Waals surface area contributed by atoms with E-state index in [0.717, 1.165) is 4.68 Å². The first-order valence-electron chi connectivity index (χ1n) is 7.22. The maximum Gasteiger partial charge on any atom is 0.409 e. The number of alkyl halides is 3. The molecule has 0 aliphatic heterocycles. The van der Waals surface area contributed by atoms with Crippen LogP contribution in [-0.4, -0.2) is 37.2 Å². The highest BCUT2D eigenvalue weighted by molar-refractivity contribution is 5.82. The molecule has 0 bridgehead atoms. The Balaban J connectivity index is 2.19. The minimum atomic E-state index is -4.39. The number of pyridine rings is 1. The lowest BCUT2D eigenvalue weighted by Gasteiger charge is -2.29. The first kappa shape index (κ1) is 18.7. The van der Waals surface area contributed by atoms with Crippen LogP contribution in [-0.2, 0) is 12.0 Å². The summed E-state index contributed by atoms with van der Waals surface area (Å²) in [6.07, 6.45) is -3.01. The number of hydrogen-bond acceptors (Lipinski definition) is 4. The number of amides is 1. The van der Waals surface area contributed by atoms with Crippen molar-refractivity contribution in [1.29, 1.82) is 0 Å². The van der Waals surface area contributed by atoms with Crippen molar-refractivity contribution in [2.45, 2.75) is 38.1 Å². The van der Waals surface area contributed by atoms with Crippen molar-refractivity contribution < 1.29 is 28.2 Å². The van der Waals surface area contributed by atoms with E-state index in [2.05, 4.69) is 15.4 Å². The van der Waals surface area contributed by atoms with E-state index in [9.17, 15) is 23.1 Å². The zero-order valence-electron chi connectivity index (χ0n) is 13.4. The van der Waals surface area contributed by atoms with Crippen molar-refractivity contribution in [1.82, 2.24) is 14.8 Å². The Morgan fingerprint density at radius 1 is 1.32 bits per heavy atom. The molecule has 25 heavy (non-hydrogen) atoms. The fourth-order valence-corrected chi connectivity index (χ4v) is 2.26. The molecule has 0 aliphatic rings. The van der Waals surface area contributed by atoms with E-state index in [1.165, 1.54) is 30.7 Å². The number of aromatic nitrogens is 3. The van der Waals surface area contributed by atoms with Crippen LogP contribution in [0.4, 0.5) is 23.7 Å². The van der Waals surface area contributed by atoms with Crippen molar-refractivity contribution in [2.75, 3.05) is 5.32 Å². The molecule has 1 unspecified atom stereocenters. The van der Waals surface area contributed by atoms with Gasteiger partial charge >= 0.3 is 12.3 Å². The Labute approximate surface area is 141 Å². The number of aliphatic hydroxyl groups is 1. The van der Waals surface area contributed by atoms with Gasteiger partial charge in [0.1, 0.15) is 12.6 Å². The van der Waals surface area contributed by atoms with Gasteiger partial charge in [0.25, 0.3) is 0 Å². The fourth-order valence-electron chi connectivity index (χ4n) is 2.26. The lowest BCUT2D eigenvalue weighted by Crippen LogP contribution is -2.27. The predicted molar refractivity (Wildman–Crippen MR) is 82.2 cm³/mol. The molecule has 0 aromatic carbocycles. The molecule has 0 radical (unpaired) electrons. The summed E-state index contributed by atoms with van der Waals surface area (Å²) >= 11 is 0. The van der Waals surface area contributed by atoms with E-state index in [0.29, 0.717) is 5.56 Å². The monoisotopic (exact) mass is 358 g/mol. The summed E-state index contributed by atoms with van der Waals surface area (Å²) in [4.78, 5) is 14.6. The number of nitrogens with one attached hydrogen (secondary N) is 1. The maximum atomic E-state index is 12.4. The van der Waals surface area contributed by atoms with Crippen LogP contribution in [0.1, 0.15) is 31.2 Å². The third-order valence-electron chi connectivity index (χ3n) is 3.72. The zero-order valence-corrected chi connectivity index (χ0v) is 13.4. The van der Waals surface area contributed by atoms with Crippen molar-refractivity contribution in [3.05, 3.63) is 42.0 Å². The zero-order chi connectivity index (χ0) is 18.8. The van der Waals surface area contributed by atoms with Crippen LogP contribution in [0.15, 0.2) is 30.7 Å². The second-order valence-electron chi connectivity index (χ2n) is 6.07. The number of carboxylic acid groups (broad SMARTS) is 1. The number of hydrogen-bond donors (Lipinski definition) is 3. The summed E-state index contributed by atoms with van der Waals surface area (Å²) in [6, 6.07) is 2.88. The number of carbonyl (C=O) groups is 1. The number of aliphatic hydroxyl groups excluding tert-OH is 1. The summed E-state index contributed by atoms with van der Waals surface area (Å²) in [5, 5.41) is 25.0. The summed E-state index contributed by atoms with van der Waals surface area (Å²) in [5.41, 5.74) is -0.0546. The summed E-state index contributed by atoms with van der Waals surface area (Å²) in [6.45, 7) is 2.09. The van der Waals surface area contributed by atoms with E-state index in [-0.39, 0.29) is 11.4 Å². The molecule has 10 heteroatoms. The van der Waals surface area contributed by atoms with Crippen LogP contribution in [0.2, 0.25) is 0 Å². The molecular formula is C15H17F3N4O3. The average Bonchev–Trinajstić information content (AvgIpc) is 2.93. The van der Waals surface area contributed by atoms with Crippen molar-refractivity contribution >= 4 is 11.8 Å². The largest absolute Gasteiger partial charge is 0.465 e. The molecule has 2 aromatic heterocycles. The molecule has 0 aliphatic carbocycles. The van der Waals surface area contributed by atoms with Gasteiger partial charge in [-0.3, -0.25) is 15.0 Å². The van der Waals surface area contributed by atoms with E-state index in [1.807, 2.05) is 0 Å². The molecule has 1 amide bonds. The summed E-state index contributed by atoms with van der Waals surface area (Å²) < 4.78 is 38.1. The van der Waals surface area contributed by atoms with Crippen LogP contribution in [0, 0.1) is 0 Å². The third-order valence-corrected chi connectivity index (χ3v) is 3.72. The molecule has 0 fully saturated rings. The van der Waals surface area contributed by atoms with E-state index >= 15 is 0 Å². The molecule has 2 heterocycles. The van der Waals surface area contributed by atoms with Gasteiger partial charge in [-0.2, -0.15) is 18.3 Å². The lowest BCUT2D eigenvalue weighted by molar-refractivity contribution is -0.142. The van der Waals surface area contributed by atoms with Gasteiger partial charge < -0.3 is 10.2 Å². The number of nitrogens with zero attached hydrogens (tertiary/aromatic N) is 3. The van der Waals surface area contributed by atoms with Gasteiger partial charge in [0, 0.05) is 11.6 Å². The van der Waals surface area contributed by atoms with Crippen molar-refractivity contribution in [2.24, 2.45) is 0 Å². The topological polar surface area (TPSA) is 100 Å². The van der Waals surface area contributed by atoms with Gasteiger partial charge in [0.05, 0.1) is 23.8 Å². The van der Waals surface area contributed by atoms with Gasteiger partial charge in [-0.05, 0) is 17.7 Å². The molecule has 3 N–H and O–H groups in total. The minimum Gasteiger partial charge on any atom is -0.465 e. The second kappa shape index (κ2) is 6.71. The molecule has 0 spiro atoms. The molecule has 7 nitrogen and oxygen atoms in total. The van der Waals surface area contributed by atoms with Crippen LogP contribution in [0.25, 0.3) is 0 Å². The Bertz CT molecular complexity index is 741. The van der Waals surface area contributed by atoms with Crippen LogP contribution >= 0.6 is 0 Å². The third kappa shape index (κ3) is 4.69. The fraction of sp³-hybridized carbons (Fsp3) is 0.400. The minimum absolute atomic E-state index is 0.235. The van der Waals surface area contributed by atoms with Gasteiger partial charge in [-0.25, -0.2) is 4.79 Å². The highest BCUT2D eigenvalue weighted by Crippen LogP contribution is 2.36. The summed E-state index contributed by atoms with van der Waals surface area (Å²) in [7, 11) is 0. The van der Waals surface area contributed by atoms with E-state index in [1.54, 1.807) is 13.8 Å². The number of anilines is 1. The van der Waals surface area contributed by atoms with Crippen LogP contribution in [0.3, 0.4) is 0 Å². The first-order chi connectivity index (χ1) is 11.5. The van der Waals surface area contributed by atoms with Crippen molar-refractivity contribution in [3.63, 3.8) is 0 Å². The molecule has 2 rings (SSSR count). The van der Waals surface area contributed by atoms with Crippen molar-refractivity contribution in [3.8, 4) is 0 Å². The molecule has 0 saturated heterocycles. The highest BCUT2D eigenvalue weighted by atomic mass is 19.4. The standard InChI is InChI=1S/C15H17F3N4O3/c1-14(2,9-5-20-22(7-9)8-15(16,17)18)12(23)11-4-3-10(6-19-11)21-13(24)25/h3-7,12,21,23H,8H2,1-2H3,(H,24,25). The Morgan fingerprint density at radius 3 is 2.52 bits per heavy atom. The number of rotatable bonds is 5. The highest BCUT2D eigenvalue weighted by Gasteiger charge is 2.34. The smallest absolute Gasteiger partial charge is 0.409 e. The summed E-state index contributed by atoms with van der Waals surface area (Å²) in [5.74, 6) is 0. The SMILES string of the molecule is CC(C)(c1cnn(CC(F)(F)F)c1)C(O)c1ccc(NC(=O)O)cn1. The van der Waals surface area contributed by atoms with Crippen LogP contribution < -0.4 is 5.32 Å². The van der Waals surface area contributed by atoms with E-state index in [4.69, 9.17) is 5.11 Å². The quantitative estimate of drug-likeness (QED) is 0.763. The molecule has 136 valence electrons. The lowest BCUT2D eigenvalue weighted by atomic mass is 9.79. The molecule has 0 saturated carbocycles. The molecular weight excluding hydrogens is 341 g/mol. The first-order valence-corrected chi connectivity index (χ1v) is 7.22. The van der Waals surface area contributed by atoms with Crippen LogP contribution in [0.5, 0.6) is 0 Å². The van der Waals surface area contributed by atoms with Gasteiger partial charge in [0.15, 0.2) is 0 Å². The normalized spacial score (nSPS) is 13.5. The second-order valence-corrected chi connectivity index (χ2v) is 6.07. The Kier molecular flexibility index (Phi) is 5.02. The Hall–Kier alpha value is -2.62. The maximum absolute atomic E-state index is 12.4. The predicted octanol–water partition coefficient (Wildman–Crippen LogP) is 2.94. The number of halogens is 3. The molecule has 2 aromatic rings.